The van der Waals surface area contributed by atoms with Crippen LogP contribution in [0.1, 0.15) is 65.0 Å². The molecule has 210 valence electrons. The van der Waals surface area contributed by atoms with E-state index in [1.54, 1.807) is 6.07 Å². The minimum atomic E-state index is -1.30. The minimum absolute atomic E-state index is 0.161. The van der Waals surface area contributed by atoms with Crippen LogP contribution in [0.25, 0.3) is 0 Å². The van der Waals surface area contributed by atoms with Gasteiger partial charge in [0, 0.05) is 36.7 Å². The summed E-state index contributed by atoms with van der Waals surface area (Å²) in [6, 6.07) is 12.6. The van der Waals surface area contributed by atoms with Gasteiger partial charge in [0.25, 0.3) is 11.8 Å². The van der Waals surface area contributed by atoms with Crippen LogP contribution in [0.3, 0.4) is 0 Å². The van der Waals surface area contributed by atoms with Gasteiger partial charge in [-0.3, -0.25) is 9.59 Å². The van der Waals surface area contributed by atoms with Gasteiger partial charge in [-0.1, -0.05) is 51.1 Å². The number of benzene rings is 2. The Morgan fingerprint density at radius 2 is 1.87 bits per heavy atom. The molecule has 0 aromatic heterocycles. The molecule has 3 atom stereocenters. The average molecular weight is 542 g/mol. The molecule has 0 radical (unpaired) electrons. The van der Waals surface area contributed by atoms with Gasteiger partial charge in [-0.2, -0.15) is 0 Å². The second-order valence-corrected chi connectivity index (χ2v) is 11.0. The molecule has 39 heavy (non-hydrogen) atoms. The number of fused-ring (bicyclic) bond motifs is 1. The number of carboxylic acid groups (broad SMARTS) is 1. The zero-order chi connectivity index (χ0) is 28.4. The Labute approximate surface area is 227 Å². The van der Waals surface area contributed by atoms with Gasteiger partial charge in [0.2, 0.25) is 0 Å². The number of carbonyl (C=O) groups is 3. The van der Waals surface area contributed by atoms with Crippen LogP contribution in [0, 0.1) is 5.41 Å². The lowest BCUT2D eigenvalue weighted by molar-refractivity contribution is -0.0455. The van der Waals surface area contributed by atoms with Crippen molar-refractivity contribution >= 4 is 17.9 Å². The first-order valence-corrected chi connectivity index (χ1v) is 13.1. The molecule has 3 N–H and O–H groups in total. The topological polar surface area (TPSA) is 117 Å². The van der Waals surface area contributed by atoms with E-state index in [9.17, 15) is 19.5 Å². The van der Waals surface area contributed by atoms with E-state index in [0.717, 1.165) is 5.56 Å². The number of ether oxygens (including phenoxy) is 2. The van der Waals surface area contributed by atoms with Crippen molar-refractivity contribution in [3.8, 4) is 5.75 Å². The van der Waals surface area contributed by atoms with Gasteiger partial charge in [0.05, 0.1) is 30.7 Å². The molecule has 3 amide bonds. The van der Waals surface area contributed by atoms with E-state index in [2.05, 4.69) is 10.6 Å². The number of alkyl halides is 1. The third-order valence-electron chi connectivity index (χ3n) is 7.68. The highest BCUT2D eigenvalue weighted by Crippen LogP contribution is 2.56. The number of nitrogens with one attached hydrogen (secondary N) is 2. The van der Waals surface area contributed by atoms with Crippen LogP contribution in [0.5, 0.6) is 5.75 Å². The van der Waals surface area contributed by atoms with Gasteiger partial charge >= 0.3 is 6.09 Å². The predicted octanol–water partition coefficient (Wildman–Crippen LogP) is 3.82. The molecule has 4 rings (SSSR count). The van der Waals surface area contributed by atoms with Crippen molar-refractivity contribution in [1.29, 1.82) is 0 Å². The first-order valence-electron chi connectivity index (χ1n) is 13.1. The summed E-state index contributed by atoms with van der Waals surface area (Å²) in [5.74, 6) is -1.14. The third kappa shape index (κ3) is 5.43. The maximum Gasteiger partial charge on any atom is 0.407 e. The summed E-state index contributed by atoms with van der Waals surface area (Å²) in [4.78, 5) is 38.8. The maximum absolute atomic E-state index is 15.1. The number of halogens is 1. The monoisotopic (exact) mass is 541 g/mol. The average Bonchev–Trinajstić information content (AvgIpc) is 3.28. The molecule has 2 aliphatic rings. The molecule has 2 heterocycles. The van der Waals surface area contributed by atoms with E-state index < -0.39 is 41.5 Å². The van der Waals surface area contributed by atoms with E-state index in [-0.39, 0.29) is 36.1 Å². The number of nitrogens with zero attached hydrogens (tertiary/aromatic N) is 1. The van der Waals surface area contributed by atoms with Gasteiger partial charge in [-0.15, -0.1) is 0 Å². The minimum Gasteiger partial charge on any atom is -0.482 e. The van der Waals surface area contributed by atoms with Gasteiger partial charge in [-0.05, 0) is 24.1 Å². The lowest BCUT2D eigenvalue weighted by Crippen LogP contribution is -2.52. The summed E-state index contributed by atoms with van der Waals surface area (Å²) in [5.41, 5.74) is -0.156. The molecular weight excluding hydrogens is 505 g/mol. The normalized spacial score (nSPS) is 22.5. The van der Waals surface area contributed by atoms with Crippen LogP contribution < -0.4 is 15.4 Å². The summed E-state index contributed by atoms with van der Waals surface area (Å²) >= 11 is 0. The number of carbonyl (C=O) groups excluding carboxylic acids is 2. The smallest absolute Gasteiger partial charge is 0.407 e. The van der Waals surface area contributed by atoms with E-state index >= 15 is 4.39 Å². The second kappa shape index (κ2) is 11.2. The molecular formula is C29H36FN3O6. The number of morpholine rings is 1. The summed E-state index contributed by atoms with van der Waals surface area (Å²) in [6.45, 7) is 6.01. The van der Waals surface area contributed by atoms with Crippen molar-refractivity contribution in [3.05, 3.63) is 64.7 Å². The lowest BCUT2D eigenvalue weighted by atomic mass is 9.66. The number of amides is 3. The van der Waals surface area contributed by atoms with E-state index in [1.165, 1.54) is 18.0 Å². The quantitative estimate of drug-likeness (QED) is 0.491. The molecule has 2 aliphatic heterocycles. The van der Waals surface area contributed by atoms with Crippen molar-refractivity contribution in [3.63, 3.8) is 0 Å². The Morgan fingerprint density at radius 1 is 1.15 bits per heavy atom. The molecule has 1 saturated heterocycles. The first kappa shape index (κ1) is 28.4. The highest BCUT2D eigenvalue weighted by atomic mass is 19.1. The van der Waals surface area contributed by atoms with Gasteiger partial charge in [0.15, 0.2) is 5.60 Å². The number of rotatable bonds is 7. The standard InChI is InChI=1S/C29H36FN3O6/c1-28(2,3)29(17-30)23(18-8-6-5-7-9-18)21-14-19(15-22(24(21)39-29)26(35)31-4)25(34)32-11-10-20-16-33(27(36)37)12-13-38-20/h5-9,14-15,20,23H,10-13,16-17H2,1-4H3,(H,31,35)(H,32,34)(H,36,37)/t20?,23-,29-/m0/s1. The van der Waals surface area contributed by atoms with Crippen LogP contribution in [-0.2, 0) is 4.74 Å². The highest BCUT2D eigenvalue weighted by molar-refractivity contribution is 6.02. The summed E-state index contributed by atoms with van der Waals surface area (Å²) < 4.78 is 27.1. The van der Waals surface area contributed by atoms with Gasteiger partial charge < -0.3 is 30.1 Å². The Balaban J connectivity index is 1.67. The van der Waals surface area contributed by atoms with E-state index in [1.807, 2.05) is 51.1 Å². The Bertz CT molecular complexity index is 1230. The fourth-order valence-electron chi connectivity index (χ4n) is 5.41. The molecule has 1 unspecified atom stereocenters. The summed E-state index contributed by atoms with van der Waals surface area (Å²) in [7, 11) is 1.49. The van der Waals surface area contributed by atoms with Crippen LogP contribution >= 0.6 is 0 Å². The molecule has 1 fully saturated rings. The van der Waals surface area contributed by atoms with Crippen molar-refractivity contribution in [2.24, 2.45) is 5.41 Å². The molecule has 2 aromatic carbocycles. The molecule has 9 nitrogen and oxygen atoms in total. The zero-order valence-electron chi connectivity index (χ0n) is 22.8. The van der Waals surface area contributed by atoms with Crippen LogP contribution in [0.15, 0.2) is 42.5 Å². The third-order valence-corrected chi connectivity index (χ3v) is 7.68. The van der Waals surface area contributed by atoms with Gasteiger partial charge in [0.1, 0.15) is 12.4 Å². The van der Waals surface area contributed by atoms with Crippen molar-refractivity contribution < 1.29 is 33.4 Å². The largest absolute Gasteiger partial charge is 0.482 e. The molecule has 0 bridgehead atoms. The molecule has 10 heteroatoms. The molecule has 0 spiro atoms. The lowest BCUT2D eigenvalue weighted by Gasteiger charge is -2.43. The Hall–Kier alpha value is -3.66. The fraction of sp³-hybridized carbons (Fsp3) is 0.483. The Morgan fingerprint density at radius 3 is 2.49 bits per heavy atom. The van der Waals surface area contributed by atoms with Crippen molar-refractivity contribution in [2.75, 3.05) is 40.0 Å². The summed E-state index contributed by atoms with van der Waals surface area (Å²) in [5, 5.41) is 14.7. The van der Waals surface area contributed by atoms with Crippen molar-refractivity contribution in [1.82, 2.24) is 15.5 Å². The zero-order valence-corrected chi connectivity index (χ0v) is 22.8. The number of hydrogen-bond donors (Lipinski definition) is 3. The molecule has 2 aromatic rings. The SMILES string of the molecule is CNC(=O)c1cc(C(=O)NCCC2CN(C(=O)O)CCO2)cc2c1O[C@](CF)(C(C)(C)C)[C@H]2c1ccccc1. The van der Waals surface area contributed by atoms with E-state index in [4.69, 9.17) is 9.47 Å². The summed E-state index contributed by atoms with van der Waals surface area (Å²) in [6.07, 6.45) is -0.903. The second-order valence-electron chi connectivity index (χ2n) is 11.0. The fourth-order valence-corrected chi connectivity index (χ4v) is 5.41. The predicted molar refractivity (Wildman–Crippen MR) is 143 cm³/mol. The molecule has 0 aliphatic carbocycles. The van der Waals surface area contributed by atoms with Crippen LogP contribution in [-0.4, -0.2) is 79.6 Å². The van der Waals surface area contributed by atoms with E-state index in [0.29, 0.717) is 25.1 Å². The first-order chi connectivity index (χ1) is 18.5. The maximum atomic E-state index is 15.1. The molecule has 0 saturated carbocycles. The van der Waals surface area contributed by atoms with Crippen molar-refractivity contribution in [2.45, 2.75) is 44.8 Å². The van der Waals surface area contributed by atoms with Gasteiger partial charge in [-0.25, -0.2) is 9.18 Å². The highest BCUT2D eigenvalue weighted by Gasteiger charge is 2.57. The van der Waals surface area contributed by atoms with Crippen LogP contribution in [0.4, 0.5) is 9.18 Å². The number of hydrogen-bond acceptors (Lipinski definition) is 5. The Kier molecular flexibility index (Phi) is 8.15. The van der Waals surface area contributed by atoms with Crippen LogP contribution in [0.2, 0.25) is 0 Å².